The average Bonchev–Trinajstić information content (AvgIpc) is 2.27. The molecule has 0 amide bonds. The number of hydrogen-bond acceptors (Lipinski definition) is 2. The van der Waals surface area contributed by atoms with Gasteiger partial charge in [0.25, 0.3) is 0 Å². The average molecular weight is 205 g/mol. The molecule has 2 heteroatoms. The zero-order valence-corrected chi connectivity index (χ0v) is 9.73. The van der Waals surface area contributed by atoms with Crippen LogP contribution >= 0.6 is 0 Å². The first kappa shape index (κ1) is 10.7. The van der Waals surface area contributed by atoms with Crippen LogP contribution in [0.4, 0.5) is 0 Å². The zero-order valence-electron chi connectivity index (χ0n) is 9.73. The molecule has 2 nitrogen and oxygen atoms in total. The summed E-state index contributed by atoms with van der Waals surface area (Å²) >= 11 is 0. The molecule has 0 unspecified atom stereocenters. The zero-order chi connectivity index (χ0) is 10.8. The van der Waals surface area contributed by atoms with Crippen LogP contribution in [-0.2, 0) is 11.3 Å². The summed E-state index contributed by atoms with van der Waals surface area (Å²) in [4.78, 5) is 2.26. The molecule has 0 bridgehead atoms. The molecule has 0 aromatic heterocycles. The number of benzene rings is 1. The summed E-state index contributed by atoms with van der Waals surface area (Å²) in [6.45, 7) is 2.95. The van der Waals surface area contributed by atoms with Gasteiger partial charge < -0.3 is 9.64 Å². The standard InChI is InChI=1S/C13H19NO/c1-4-12-13(14(2)3)11-8-6-5-7-10(11)9-15-12/h5-8,12-13H,4,9H2,1-3H3/t12-,13+/m1/s1. The second-order valence-corrected chi connectivity index (χ2v) is 4.36. The fourth-order valence-corrected chi connectivity index (χ4v) is 2.39. The predicted octanol–water partition coefficient (Wildman–Crippen LogP) is 2.60. The Morgan fingerprint density at radius 2 is 2.07 bits per heavy atom. The third-order valence-electron chi connectivity index (χ3n) is 3.14. The lowest BCUT2D eigenvalue weighted by molar-refractivity contribution is -0.0300. The van der Waals surface area contributed by atoms with Gasteiger partial charge >= 0.3 is 0 Å². The lowest BCUT2D eigenvalue weighted by Gasteiger charge is -2.37. The Hall–Kier alpha value is -0.860. The highest BCUT2D eigenvalue weighted by Gasteiger charge is 2.30. The molecule has 1 aliphatic rings. The highest BCUT2D eigenvalue weighted by atomic mass is 16.5. The molecule has 2 atom stereocenters. The fourth-order valence-electron chi connectivity index (χ4n) is 2.39. The number of ether oxygens (including phenoxy) is 1. The van der Waals surface area contributed by atoms with E-state index in [4.69, 9.17) is 4.74 Å². The molecule has 0 saturated heterocycles. The Labute approximate surface area is 91.9 Å². The number of likely N-dealkylation sites (N-methyl/N-ethyl adjacent to an activating group) is 1. The minimum Gasteiger partial charge on any atom is -0.372 e. The Morgan fingerprint density at radius 1 is 1.33 bits per heavy atom. The van der Waals surface area contributed by atoms with Gasteiger partial charge in [0, 0.05) is 0 Å². The van der Waals surface area contributed by atoms with Crippen LogP contribution < -0.4 is 0 Å². The molecule has 1 aromatic rings. The van der Waals surface area contributed by atoms with Gasteiger partial charge in [0.15, 0.2) is 0 Å². The van der Waals surface area contributed by atoms with Gasteiger partial charge in [0.1, 0.15) is 0 Å². The minimum absolute atomic E-state index is 0.329. The van der Waals surface area contributed by atoms with E-state index in [0.29, 0.717) is 12.1 Å². The SMILES string of the molecule is CC[C@H]1OCc2ccccc2[C@@H]1N(C)C. The van der Waals surface area contributed by atoms with Gasteiger partial charge in [-0.05, 0) is 31.6 Å². The first-order valence-electron chi connectivity index (χ1n) is 5.60. The highest BCUT2D eigenvalue weighted by Crippen LogP contribution is 2.33. The van der Waals surface area contributed by atoms with Crippen LogP contribution in [0, 0.1) is 0 Å². The van der Waals surface area contributed by atoms with Crippen molar-refractivity contribution < 1.29 is 4.74 Å². The van der Waals surface area contributed by atoms with Crippen molar-refractivity contribution in [2.75, 3.05) is 14.1 Å². The van der Waals surface area contributed by atoms with E-state index in [-0.39, 0.29) is 0 Å². The summed E-state index contributed by atoms with van der Waals surface area (Å²) < 4.78 is 5.89. The number of rotatable bonds is 2. The fraction of sp³-hybridized carbons (Fsp3) is 0.538. The van der Waals surface area contributed by atoms with Gasteiger partial charge in [-0.15, -0.1) is 0 Å². The van der Waals surface area contributed by atoms with Crippen molar-refractivity contribution in [1.29, 1.82) is 0 Å². The molecule has 0 fully saturated rings. The Morgan fingerprint density at radius 3 is 2.73 bits per heavy atom. The second-order valence-electron chi connectivity index (χ2n) is 4.36. The van der Waals surface area contributed by atoms with Crippen LogP contribution in [0.1, 0.15) is 30.5 Å². The smallest absolute Gasteiger partial charge is 0.0773 e. The normalized spacial score (nSPS) is 25.3. The summed E-state index contributed by atoms with van der Waals surface area (Å²) in [5, 5.41) is 0. The maximum Gasteiger partial charge on any atom is 0.0773 e. The Balaban J connectivity index is 2.38. The summed E-state index contributed by atoms with van der Waals surface area (Å²) in [6, 6.07) is 9.00. The van der Waals surface area contributed by atoms with Gasteiger partial charge in [-0.25, -0.2) is 0 Å². The van der Waals surface area contributed by atoms with Gasteiger partial charge in [-0.2, -0.15) is 0 Å². The number of hydrogen-bond donors (Lipinski definition) is 0. The molecule has 0 spiro atoms. The van der Waals surface area contributed by atoms with Crippen molar-refractivity contribution in [3.8, 4) is 0 Å². The first-order chi connectivity index (χ1) is 7.24. The quantitative estimate of drug-likeness (QED) is 0.736. The first-order valence-corrected chi connectivity index (χ1v) is 5.60. The molecule has 82 valence electrons. The molecular formula is C13H19NO. The van der Waals surface area contributed by atoms with E-state index in [1.807, 2.05) is 0 Å². The van der Waals surface area contributed by atoms with Crippen LogP contribution in [0.25, 0.3) is 0 Å². The maximum atomic E-state index is 5.89. The third-order valence-corrected chi connectivity index (χ3v) is 3.14. The molecular weight excluding hydrogens is 186 g/mol. The van der Waals surface area contributed by atoms with E-state index >= 15 is 0 Å². The van der Waals surface area contributed by atoms with Crippen LogP contribution in [0.3, 0.4) is 0 Å². The van der Waals surface area contributed by atoms with Crippen molar-refractivity contribution in [3.05, 3.63) is 35.4 Å². The topological polar surface area (TPSA) is 12.5 Å². The number of nitrogens with zero attached hydrogens (tertiary/aromatic N) is 1. The summed E-state index contributed by atoms with van der Waals surface area (Å²) in [7, 11) is 4.25. The second kappa shape index (κ2) is 4.33. The van der Waals surface area contributed by atoms with E-state index in [0.717, 1.165) is 13.0 Å². The Bertz CT molecular complexity index is 335. The molecule has 1 aromatic carbocycles. The summed E-state index contributed by atoms with van der Waals surface area (Å²) in [6.07, 6.45) is 1.40. The van der Waals surface area contributed by atoms with Crippen LogP contribution in [0.15, 0.2) is 24.3 Å². The lowest BCUT2D eigenvalue weighted by Crippen LogP contribution is -2.36. The highest BCUT2D eigenvalue weighted by molar-refractivity contribution is 5.32. The van der Waals surface area contributed by atoms with Crippen LogP contribution in [-0.4, -0.2) is 25.1 Å². The summed E-state index contributed by atoms with van der Waals surface area (Å²) in [5.74, 6) is 0. The lowest BCUT2D eigenvalue weighted by atomic mass is 9.92. The van der Waals surface area contributed by atoms with Gasteiger partial charge in [0.2, 0.25) is 0 Å². The number of fused-ring (bicyclic) bond motifs is 1. The summed E-state index contributed by atoms with van der Waals surface area (Å²) in [5.41, 5.74) is 2.77. The van der Waals surface area contributed by atoms with Crippen molar-refractivity contribution >= 4 is 0 Å². The van der Waals surface area contributed by atoms with Crippen molar-refractivity contribution in [2.45, 2.75) is 32.1 Å². The van der Waals surface area contributed by atoms with Crippen molar-refractivity contribution in [3.63, 3.8) is 0 Å². The monoisotopic (exact) mass is 205 g/mol. The van der Waals surface area contributed by atoms with E-state index in [2.05, 4.69) is 50.2 Å². The van der Waals surface area contributed by atoms with Gasteiger partial charge in [-0.1, -0.05) is 31.2 Å². The molecule has 0 saturated carbocycles. The largest absolute Gasteiger partial charge is 0.372 e. The van der Waals surface area contributed by atoms with Crippen LogP contribution in [0.5, 0.6) is 0 Å². The van der Waals surface area contributed by atoms with E-state index in [1.54, 1.807) is 0 Å². The van der Waals surface area contributed by atoms with E-state index in [1.165, 1.54) is 11.1 Å². The van der Waals surface area contributed by atoms with Crippen molar-refractivity contribution in [1.82, 2.24) is 4.90 Å². The third kappa shape index (κ3) is 1.92. The molecule has 15 heavy (non-hydrogen) atoms. The van der Waals surface area contributed by atoms with Gasteiger partial charge in [0.05, 0.1) is 18.8 Å². The van der Waals surface area contributed by atoms with E-state index < -0.39 is 0 Å². The predicted molar refractivity (Wildman–Crippen MR) is 61.7 cm³/mol. The molecule has 1 heterocycles. The molecule has 2 rings (SSSR count). The Kier molecular flexibility index (Phi) is 3.08. The van der Waals surface area contributed by atoms with E-state index in [9.17, 15) is 0 Å². The molecule has 0 radical (unpaired) electrons. The molecule has 0 N–H and O–H groups in total. The van der Waals surface area contributed by atoms with Crippen molar-refractivity contribution in [2.24, 2.45) is 0 Å². The maximum absolute atomic E-state index is 5.89. The van der Waals surface area contributed by atoms with Gasteiger partial charge in [-0.3, -0.25) is 0 Å². The van der Waals surface area contributed by atoms with Crippen LogP contribution in [0.2, 0.25) is 0 Å². The minimum atomic E-state index is 0.329. The molecule has 0 aliphatic carbocycles. The molecule has 1 aliphatic heterocycles.